The summed E-state index contributed by atoms with van der Waals surface area (Å²) in [5, 5.41) is 0. The minimum atomic E-state index is -6.74. The lowest BCUT2D eigenvalue weighted by molar-refractivity contribution is -0.273. The van der Waals surface area contributed by atoms with Gasteiger partial charge in [0.15, 0.2) is 0 Å². The van der Waals surface area contributed by atoms with E-state index < -0.39 is 42.5 Å². The van der Waals surface area contributed by atoms with E-state index in [0.29, 0.717) is 0 Å². The van der Waals surface area contributed by atoms with Gasteiger partial charge in [-0.3, -0.25) is 0 Å². The molecule has 0 saturated heterocycles. The second-order valence-electron chi connectivity index (χ2n) is 3.16. The van der Waals surface area contributed by atoms with Gasteiger partial charge in [-0.2, -0.15) is 39.5 Å². The van der Waals surface area contributed by atoms with Crippen LogP contribution < -0.4 is 0 Å². The maximum absolute atomic E-state index is 12.4. The van der Waals surface area contributed by atoms with E-state index in [-0.39, 0.29) is 0 Å². The third-order valence-corrected chi connectivity index (χ3v) is 1.65. The number of hydrogen-bond acceptors (Lipinski definition) is 0. The number of alkyl halides is 9. The van der Waals surface area contributed by atoms with Crippen molar-refractivity contribution in [2.75, 3.05) is 0 Å². The summed E-state index contributed by atoms with van der Waals surface area (Å²) in [5.41, 5.74) is 0. The summed E-state index contributed by atoms with van der Waals surface area (Å²) in [6.07, 6.45) is -6.74. The Labute approximate surface area is 92.1 Å². The van der Waals surface area contributed by atoms with E-state index in [1.807, 2.05) is 0 Å². The molecule has 0 amide bonds. The molecule has 0 aromatic heterocycles. The van der Waals surface area contributed by atoms with Crippen molar-refractivity contribution in [3.05, 3.63) is 11.7 Å². The van der Waals surface area contributed by atoms with Gasteiger partial charge in [0.05, 0.1) is 0 Å². The van der Waals surface area contributed by atoms with E-state index in [4.69, 9.17) is 0 Å². The third kappa shape index (κ3) is 2.69. The summed E-state index contributed by atoms with van der Waals surface area (Å²) in [6, 6.07) is 0. The zero-order valence-corrected chi connectivity index (χ0v) is 8.16. The van der Waals surface area contributed by atoms with Crippen LogP contribution in [0.1, 0.15) is 6.92 Å². The monoisotopic (exact) mass is 296 g/mol. The highest BCUT2D eigenvalue weighted by atomic mass is 19.4. The van der Waals surface area contributed by atoms with Gasteiger partial charge in [0.25, 0.3) is 0 Å². The molecule has 0 bridgehead atoms. The van der Waals surface area contributed by atoms with E-state index >= 15 is 0 Å². The Bertz CT molecular complexity index is 307. The van der Waals surface area contributed by atoms with Crippen LogP contribution in [0.15, 0.2) is 11.7 Å². The van der Waals surface area contributed by atoms with Crippen LogP contribution >= 0.6 is 0 Å². The highest BCUT2D eigenvalue weighted by Gasteiger charge is 2.66. The van der Waals surface area contributed by atoms with Crippen LogP contribution in [0.5, 0.6) is 0 Å². The van der Waals surface area contributed by atoms with Gasteiger partial charge in [-0.25, -0.2) is 8.78 Å². The first-order valence-corrected chi connectivity index (χ1v) is 3.83. The van der Waals surface area contributed by atoms with Gasteiger partial charge in [-0.15, -0.1) is 0 Å². The van der Waals surface area contributed by atoms with Crippen LogP contribution in [0.4, 0.5) is 48.3 Å². The van der Waals surface area contributed by atoms with Crippen molar-refractivity contribution in [1.82, 2.24) is 0 Å². The quantitative estimate of drug-likeness (QED) is 0.666. The molecule has 0 unspecified atom stereocenters. The zero-order chi connectivity index (χ0) is 15.2. The summed E-state index contributed by atoms with van der Waals surface area (Å²) in [7, 11) is 0. The van der Waals surface area contributed by atoms with E-state index in [9.17, 15) is 48.3 Å². The Morgan fingerprint density at radius 3 is 1.11 bits per heavy atom. The smallest absolute Gasteiger partial charge is 0.202 e. The van der Waals surface area contributed by atoms with Crippen LogP contribution in [0.25, 0.3) is 0 Å². The van der Waals surface area contributed by atoms with Gasteiger partial charge >= 0.3 is 23.9 Å². The molecule has 0 heterocycles. The molecule has 0 spiro atoms. The molecule has 0 aliphatic carbocycles. The van der Waals surface area contributed by atoms with E-state index in [2.05, 4.69) is 0 Å². The van der Waals surface area contributed by atoms with Crippen LogP contribution in [-0.2, 0) is 0 Å². The van der Waals surface area contributed by atoms with E-state index in [1.54, 1.807) is 0 Å². The van der Waals surface area contributed by atoms with Crippen molar-refractivity contribution in [2.45, 2.75) is 30.9 Å². The van der Waals surface area contributed by atoms with Crippen molar-refractivity contribution in [2.24, 2.45) is 0 Å². The van der Waals surface area contributed by atoms with Crippen LogP contribution in [0.2, 0.25) is 0 Å². The lowest BCUT2D eigenvalue weighted by atomic mass is 10.1. The number of hydrogen-bond donors (Lipinski definition) is 0. The van der Waals surface area contributed by atoms with Crippen LogP contribution in [-0.4, -0.2) is 23.9 Å². The molecule has 0 aliphatic heterocycles. The number of allylic oxidation sites excluding steroid dienone is 2. The molecule has 0 N–H and O–H groups in total. The SMILES string of the molecule is CC(F)(F)C(F)(F)C(F)=C(F)C(F)(F)C(F)(F)F. The fourth-order valence-corrected chi connectivity index (χ4v) is 0.593. The average molecular weight is 296 g/mol. The number of rotatable bonds is 3. The van der Waals surface area contributed by atoms with Crippen molar-refractivity contribution in [1.29, 1.82) is 0 Å². The summed E-state index contributed by atoms with van der Waals surface area (Å²) < 4.78 is 132. The number of halogens is 11. The molecule has 0 aromatic rings. The minimum absolute atomic E-state index is 0.675. The first kappa shape index (κ1) is 17.0. The first-order chi connectivity index (χ1) is 7.57. The fraction of sp³-hybridized carbons (Fsp3) is 0.714. The Balaban J connectivity index is 5.81. The molecular weight excluding hydrogens is 293 g/mol. The second-order valence-corrected chi connectivity index (χ2v) is 3.16. The first-order valence-electron chi connectivity index (χ1n) is 3.83. The van der Waals surface area contributed by atoms with Gasteiger partial charge < -0.3 is 0 Å². The standard InChI is InChI=1S/C7H3F11/c1-4(10,11)5(12,13)2(8)3(9)6(14,15)7(16,17)18/h1H3. The van der Waals surface area contributed by atoms with Crippen molar-refractivity contribution < 1.29 is 48.3 Å². The molecule has 108 valence electrons. The van der Waals surface area contributed by atoms with Crippen molar-refractivity contribution in [3.63, 3.8) is 0 Å². The Hall–Kier alpha value is -1.03. The maximum Gasteiger partial charge on any atom is 0.460 e. The third-order valence-electron chi connectivity index (χ3n) is 1.65. The zero-order valence-electron chi connectivity index (χ0n) is 8.16. The summed E-state index contributed by atoms with van der Waals surface area (Å²) in [4.78, 5) is 0. The van der Waals surface area contributed by atoms with Crippen molar-refractivity contribution in [3.8, 4) is 0 Å². The lowest BCUT2D eigenvalue weighted by Crippen LogP contribution is -2.43. The maximum atomic E-state index is 12.4. The second kappa shape index (κ2) is 4.26. The van der Waals surface area contributed by atoms with Crippen LogP contribution in [0.3, 0.4) is 0 Å². The molecule has 11 heteroatoms. The van der Waals surface area contributed by atoms with E-state index in [0.717, 1.165) is 0 Å². The van der Waals surface area contributed by atoms with Gasteiger partial charge in [0, 0.05) is 6.92 Å². The summed E-state index contributed by atoms with van der Waals surface area (Å²) in [6.45, 7) is -0.675. The van der Waals surface area contributed by atoms with Gasteiger partial charge in [-0.1, -0.05) is 0 Å². The predicted octanol–water partition coefficient (Wildman–Crippen LogP) is 4.63. The summed E-state index contributed by atoms with van der Waals surface area (Å²) in [5.74, 6) is -26.6. The van der Waals surface area contributed by atoms with Gasteiger partial charge in [0.1, 0.15) is 0 Å². The molecule has 0 aliphatic rings. The fourth-order valence-electron chi connectivity index (χ4n) is 0.593. The predicted molar refractivity (Wildman–Crippen MR) is 35.8 cm³/mol. The topological polar surface area (TPSA) is 0 Å². The normalized spacial score (nSPS) is 16.7. The largest absolute Gasteiger partial charge is 0.460 e. The Morgan fingerprint density at radius 2 is 0.889 bits per heavy atom. The molecule has 0 saturated carbocycles. The molecular formula is C7H3F11. The molecule has 18 heavy (non-hydrogen) atoms. The Kier molecular flexibility index (Phi) is 4.02. The summed E-state index contributed by atoms with van der Waals surface area (Å²) >= 11 is 0. The van der Waals surface area contributed by atoms with Gasteiger partial charge in [-0.05, 0) is 0 Å². The van der Waals surface area contributed by atoms with Gasteiger partial charge in [0.2, 0.25) is 11.7 Å². The molecule has 0 nitrogen and oxygen atoms in total. The molecule has 0 radical (unpaired) electrons. The molecule has 0 atom stereocenters. The minimum Gasteiger partial charge on any atom is -0.202 e. The average Bonchev–Trinajstić information content (AvgIpc) is 2.11. The van der Waals surface area contributed by atoms with Crippen LogP contribution in [0, 0.1) is 0 Å². The molecule has 0 fully saturated rings. The van der Waals surface area contributed by atoms with Crippen molar-refractivity contribution >= 4 is 0 Å². The lowest BCUT2D eigenvalue weighted by Gasteiger charge is -2.24. The highest BCUT2D eigenvalue weighted by molar-refractivity contribution is 5.20. The molecule has 0 rings (SSSR count). The Morgan fingerprint density at radius 1 is 0.611 bits per heavy atom. The highest BCUT2D eigenvalue weighted by Crippen LogP contribution is 2.48. The van der Waals surface area contributed by atoms with E-state index in [1.165, 1.54) is 0 Å². The molecule has 0 aromatic carbocycles.